The number of nitrogens with two attached hydrogens (primary N) is 1. The summed E-state index contributed by atoms with van der Waals surface area (Å²) >= 11 is 0. The maximum Gasteiger partial charge on any atom is 0.325 e. The molecule has 2 aliphatic carbocycles. The van der Waals surface area contributed by atoms with Gasteiger partial charge in [0.1, 0.15) is 12.3 Å². The Morgan fingerprint density at radius 1 is 0.973 bits per heavy atom. The first kappa shape index (κ1) is 29.5. The van der Waals surface area contributed by atoms with Gasteiger partial charge in [-0.25, -0.2) is 0 Å². The number of nitrogens with zero attached hydrogens (tertiary/aromatic N) is 4. The molecule has 13 nitrogen and oxygen atoms in total. The molecule has 204 valence electrons. The molecule has 2 amide bonds. The minimum absolute atomic E-state index is 0.000962. The van der Waals surface area contributed by atoms with E-state index in [1.807, 2.05) is 19.0 Å². The third-order valence-corrected chi connectivity index (χ3v) is 5.75. The van der Waals surface area contributed by atoms with Crippen molar-refractivity contribution in [1.29, 1.82) is 0 Å². The number of amides is 2. The average Bonchev–Trinajstić information content (AvgIpc) is 3.73. The third kappa shape index (κ3) is 9.33. The first-order valence-electron chi connectivity index (χ1n) is 12.0. The highest BCUT2D eigenvalue weighted by atomic mass is 16.4. The highest BCUT2D eigenvalue weighted by Gasteiger charge is 2.39. The molecule has 0 aromatic carbocycles. The Labute approximate surface area is 214 Å². The number of piperidine rings is 1. The van der Waals surface area contributed by atoms with Gasteiger partial charge < -0.3 is 35.8 Å². The Morgan fingerprint density at radius 3 is 1.95 bits per heavy atom. The molecule has 0 aromatic heterocycles. The van der Waals surface area contributed by atoms with Crippen LogP contribution in [0.25, 0.3) is 0 Å². The number of carbonyl (C=O) groups excluding carboxylic acids is 3. The summed E-state index contributed by atoms with van der Waals surface area (Å²) in [5.74, 6) is -2.38. The van der Waals surface area contributed by atoms with Crippen molar-refractivity contribution < 1.29 is 39.3 Å². The minimum atomic E-state index is -1.07. The van der Waals surface area contributed by atoms with Gasteiger partial charge in [-0.1, -0.05) is 0 Å². The first-order valence-corrected chi connectivity index (χ1v) is 12.0. The van der Waals surface area contributed by atoms with Gasteiger partial charge in [-0.05, 0) is 25.7 Å². The molecule has 4 rings (SSSR count). The fraction of sp³-hybridized carbons (Fsp3) is 0.583. The summed E-state index contributed by atoms with van der Waals surface area (Å²) in [7, 11) is 3.65. The summed E-state index contributed by atoms with van der Waals surface area (Å²) in [5, 5.41) is 25.7. The van der Waals surface area contributed by atoms with Crippen LogP contribution in [0.15, 0.2) is 28.1 Å². The van der Waals surface area contributed by atoms with Crippen molar-refractivity contribution >= 4 is 35.8 Å². The van der Waals surface area contributed by atoms with Gasteiger partial charge in [0.15, 0.2) is 5.78 Å². The number of carboxylic acids is 2. The maximum atomic E-state index is 12.0. The number of carbonyl (C=O) groups is 5. The molecular weight excluding hydrogens is 486 g/mol. The number of rotatable bonds is 7. The van der Waals surface area contributed by atoms with E-state index < -0.39 is 18.5 Å². The highest BCUT2D eigenvalue weighted by Crippen LogP contribution is 2.31. The Morgan fingerprint density at radius 2 is 1.49 bits per heavy atom. The standard InChI is InChI=1S/C11H14N2O4.C11H16N2O2.C2H5NO2/c14-9-3-4-13(7-1-2-7)11(17)8(9)5-12-6-10(15)16;1-12(2)7-9-10(14)5-6-13(11(9)15)8-3-4-8;3-1-2(4)5/h5,7,14H,1-4,6H2,(H,15,16);7-8H,3-6H2,1-2H3;1,3H2,(H,4,5). The third-order valence-electron chi connectivity index (χ3n) is 5.75. The molecule has 0 unspecified atom stereocenters. The molecule has 37 heavy (non-hydrogen) atoms. The van der Waals surface area contributed by atoms with Gasteiger partial charge >= 0.3 is 11.9 Å². The summed E-state index contributed by atoms with van der Waals surface area (Å²) < 4.78 is 0. The molecular formula is C24H35N5O8. The number of aliphatic carboxylic acids is 2. The van der Waals surface area contributed by atoms with E-state index >= 15 is 0 Å². The van der Waals surface area contributed by atoms with Gasteiger partial charge in [-0.2, -0.15) is 0 Å². The molecule has 0 aromatic rings. The van der Waals surface area contributed by atoms with E-state index in [0.29, 0.717) is 43.6 Å². The second-order valence-corrected chi connectivity index (χ2v) is 9.21. The lowest BCUT2D eigenvalue weighted by Crippen LogP contribution is -2.42. The Kier molecular flexibility index (Phi) is 10.8. The van der Waals surface area contributed by atoms with Crippen molar-refractivity contribution in [2.75, 3.05) is 40.3 Å². The Balaban J connectivity index is 0.000000222. The van der Waals surface area contributed by atoms with E-state index in [1.165, 1.54) is 6.21 Å². The van der Waals surface area contributed by atoms with E-state index in [9.17, 15) is 29.1 Å². The summed E-state index contributed by atoms with van der Waals surface area (Å²) in [6.45, 7) is 0.464. The van der Waals surface area contributed by atoms with Crippen molar-refractivity contribution in [3.63, 3.8) is 0 Å². The SMILES string of the molecule is CN(C)C=C1C(=O)CCN(C2CC2)C1=O.NCC(=O)O.O=C(O)CN=CC1=C(O)CCN(C2CC2)C1=O. The number of ketones is 1. The lowest BCUT2D eigenvalue weighted by molar-refractivity contribution is -0.136. The van der Waals surface area contributed by atoms with Crippen molar-refractivity contribution in [2.45, 2.75) is 50.6 Å². The molecule has 0 radical (unpaired) electrons. The predicted molar refractivity (Wildman–Crippen MR) is 133 cm³/mol. The quantitative estimate of drug-likeness (QED) is 0.197. The monoisotopic (exact) mass is 521 g/mol. The van der Waals surface area contributed by atoms with E-state index in [0.717, 1.165) is 25.7 Å². The van der Waals surface area contributed by atoms with Gasteiger partial charge in [-0.3, -0.25) is 29.0 Å². The topological polar surface area (TPSA) is 194 Å². The van der Waals surface area contributed by atoms with Crippen molar-refractivity contribution in [1.82, 2.24) is 14.7 Å². The zero-order valence-electron chi connectivity index (χ0n) is 21.1. The molecule has 3 fully saturated rings. The predicted octanol–water partition coefficient (Wildman–Crippen LogP) is -0.226. The van der Waals surface area contributed by atoms with Gasteiger partial charge in [0.25, 0.3) is 11.8 Å². The number of carboxylic acid groups (broad SMARTS) is 2. The molecule has 2 heterocycles. The van der Waals surface area contributed by atoms with Crippen molar-refractivity contribution in [2.24, 2.45) is 10.7 Å². The van der Waals surface area contributed by atoms with Crippen LogP contribution in [0.3, 0.4) is 0 Å². The molecule has 5 N–H and O–H groups in total. The maximum absolute atomic E-state index is 12.0. The van der Waals surface area contributed by atoms with Gasteiger partial charge in [0.05, 0.1) is 17.7 Å². The second-order valence-electron chi connectivity index (χ2n) is 9.21. The van der Waals surface area contributed by atoms with Crippen LogP contribution in [0.2, 0.25) is 0 Å². The first-order chi connectivity index (χ1) is 17.5. The minimum Gasteiger partial charge on any atom is -0.511 e. The van der Waals surface area contributed by atoms with Gasteiger partial charge in [-0.15, -0.1) is 0 Å². The van der Waals surface area contributed by atoms with Crippen LogP contribution in [0.4, 0.5) is 0 Å². The Hall–Kier alpha value is -3.74. The van der Waals surface area contributed by atoms with Crippen LogP contribution in [-0.2, 0) is 24.0 Å². The van der Waals surface area contributed by atoms with Crippen LogP contribution in [0.1, 0.15) is 38.5 Å². The summed E-state index contributed by atoms with van der Waals surface area (Å²) in [5.41, 5.74) is 5.05. The van der Waals surface area contributed by atoms with Crippen LogP contribution in [-0.4, -0.2) is 118 Å². The number of Topliss-reactive ketones (excluding diaryl/α,β-unsaturated/α-hetero) is 1. The number of aliphatic hydroxyl groups excluding tert-OH is 1. The normalized spacial score (nSPS) is 20.9. The summed E-state index contributed by atoms with van der Waals surface area (Å²) in [6, 6.07) is 0.689. The molecule has 4 aliphatic rings. The van der Waals surface area contributed by atoms with Gasteiger partial charge in [0, 0.05) is 64.5 Å². The van der Waals surface area contributed by atoms with E-state index in [1.54, 1.807) is 16.0 Å². The molecule has 1 saturated heterocycles. The molecule has 0 bridgehead atoms. The molecule has 2 aliphatic heterocycles. The number of likely N-dealkylation sites (tertiary alicyclic amines) is 1. The van der Waals surface area contributed by atoms with Crippen molar-refractivity contribution in [3.05, 3.63) is 23.1 Å². The van der Waals surface area contributed by atoms with Crippen LogP contribution < -0.4 is 5.73 Å². The average molecular weight is 522 g/mol. The zero-order valence-corrected chi connectivity index (χ0v) is 21.1. The fourth-order valence-corrected chi connectivity index (χ4v) is 3.67. The number of aliphatic imine (C=N–C) groups is 1. The van der Waals surface area contributed by atoms with Gasteiger partial charge in [0.2, 0.25) is 0 Å². The Bertz CT molecular complexity index is 995. The smallest absolute Gasteiger partial charge is 0.325 e. The van der Waals surface area contributed by atoms with E-state index in [4.69, 9.17) is 10.2 Å². The number of aliphatic hydroxyl groups is 1. The molecule has 13 heteroatoms. The van der Waals surface area contributed by atoms with E-state index in [2.05, 4.69) is 10.7 Å². The molecule has 0 spiro atoms. The summed E-state index contributed by atoms with van der Waals surface area (Å²) in [4.78, 5) is 64.0. The fourth-order valence-electron chi connectivity index (χ4n) is 3.67. The van der Waals surface area contributed by atoms with Crippen LogP contribution in [0.5, 0.6) is 0 Å². The number of hydrogen-bond acceptors (Lipinski definition) is 9. The number of hydrogen-bond donors (Lipinski definition) is 4. The van der Waals surface area contributed by atoms with Crippen LogP contribution >= 0.6 is 0 Å². The molecule has 0 atom stereocenters. The zero-order chi connectivity index (χ0) is 27.7. The largest absolute Gasteiger partial charge is 0.511 e. The lowest BCUT2D eigenvalue weighted by Gasteiger charge is -2.28. The second kappa shape index (κ2) is 13.5. The highest BCUT2D eigenvalue weighted by molar-refractivity contribution is 6.20. The lowest BCUT2D eigenvalue weighted by atomic mass is 10.0. The van der Waals surface area contributed by atoms with Crippen molar-refractivity contribution in [3.8, 4) is 0 Å². The molecule has 2 saturated carbocycles. The summed E-state index contributed by atoms with van der Waals surface area (Å²) in [6.07, 6.45) is 7.89. The van der Waals surface area contributed by atoms with Crippen LogP contribution in [0, 0.1) is 0 Å². The van der Waals surface area contributed by atoms with E-state index in [-0.39, 0.29) is 35.5 Å².